The van der Waals surface area contributed by atoms with Gasteiger partial charge in [-0.2, -0.15) is 0 Å². The molecule has 0 aliphatic carbocycles. The van der Waals surface area contributed by atoms with Crippen molar-refractivity contribution in [3.63, 3.8) is 0 Å². The van der Waals surface area contributed by atoms with Crippen LogP contribution in [-0.4, -0.2) is 18.2 Å². The minimum absolute atomic E-state index is 0.317. The summed E-state index contributed by atoms with van der Waals surface area (Å²) in [6, 6.07) is 0. The van der Waals surface area contributed by atoms with Crippen LogP contribution in [0.5, 0.6) is 0 Å². The van der Waals surface area contributed by atoms with E-state index in [2.05, 4.69) is 35.9 Å². The second-order valence-electron chi connectivity index (χ2n) is 9.84. The second kappa shape index (κ2) is 22.6. The van der Waals surface area contributed by atoms with Gasteiger partial charge in [-0.05, 0) is 51.9 Å². The summed E-state index contributed by atoms with van der Waals surface area (Å²) in [6.07, 6.45) is 22.3. The van der Waals surface area contributed by atoms with Crippen LogP contribution in [0.4, 0.5) is 4.79 Å². The molecule has 1 amide bonds. The topological polar surface area (TPSA) is 38.3 Å². The van der Waals surface area contributed by atoms with Crippen molar-refractivity contribution in [2.45, 2.75) is 149 Å². The highest BCUT2D eigenvalue weighted by molar-refractivity contribution is 5.67. The number of carbonyl (C=O) groups excluding carboxylic acids is 1. The molecule has 0 fully saturated rings. The minimum Gasteiger partial charge on any atom is -0.444 e. The molecular formula is C29H51NO2. The first kappa shape index (κ1) is 30.4. The molecule has 32 heavy (non-hydrogen) atoms. The van der Waals surface area contributed by atoms with Crippen LogP contribution in [0.1, 0.15) is 143 Å². The first-order valence-electron chi connectivity index (χ1n) is 13.4. The molecule has 3 heteroatoms. The Kier molecular flexibility index (Phi) is 21.4. The summed E-state index contributed by atoms with van der Waals surface area (Å²) in [7, 11) is 0. The Morgan fingerprint density at radius 2 is 1.06 bits per heavy atom. The summed E-state index contributed by atoms with van der Waals surface area (Å²) in [5.41, 5.74) is -0.425. The van der Waals surface area contributed by atoms with Crippen LogP contribution >= 0.6 is 0 Å². The maximum atomic E-state index is 11.5. The van der Waals surface area contributed by atoms with Crippen molar-refractivity contribution in [3.05, 3.63) is 0 Å². The van der Waals surface area contributed by atoms with Crippen molar-refractivity contribution in [1.82, 2.24) is 5.32 Å². The average Bonchev–Trinajstić information content (AvgIpc) is 2.73. The van der Waals surface area contributed by atoms with E-state index in [1.807, 2.05) is 20.8 Å². The highest BCUT2D eigenvalue weighted by Crippen LogP contribution is 2.11. The third kappa shape index (κ3) is 26.4. The Morgan fingerprint density at radius 1 is 0.656 bits per heavy atom. The maximum absolute atomic E-state index is 11.5. The molecule has 0 atom stereocenters. The normalized spacial score (nSPS) is 10.6. The number of carbonyl (C=O) groups is 1. The molecule has 0 aliphatic rings. The van der Waals surface area contributed by atoms with Crippen LogP contribution in [-0.2, 0) is 4.74 Å². The van der Waals surface area contributed by atoms with Gasteiger partial charge in [0.2, 0.25) is 0 Å². The van der Waals surface area contributed by atoms with E-state index in [4.69, 9.17) is 4.74 Å². The average molecular weight is 446 g/mol. The van der Waals surface area contributed by atoms with Gasteiger partial charge in [-0.1, -0.05) is 102 Å². The summed E-state index contributed by atoms with van der Waals surface area (Å²) in [5.74, 6) is 12.4. The lowest BCUT2D eigenvalue weighted by molar-refractivity contribution is 0.0527. The van der Waals surface area contributed by atoms with Crippen LogP contribution in [0.2, 0.25) is 0 Å². The van der Waals surface area contributed by atoms with E-state index in [1.54, 1.807) is 0 Å². The number of alkyl carbamates (subject to hydrolysis) is 1. The van der Waals surface area contributed by atoms with E-state index in [-0.39, 0.29) is 6.09 Å². The van der Waals surface area contributed by atoms with E-state index < -0.39 is 5.60 Å². The van der Waals surface area contributed by atoms with E-state index in [0.717, 1.165) is 32.1 Å². The molecule has 0 aliphatic heterocycles. The Labute approximate surface area is 200 Å². The Morgan fingerprint density at radius 3 is 1.50 bits per heavy atom. The lowest BCUT2D eigenvalue weighted by Crippen LogP contribution is -2.32. The summed E-state index contributed by atoms with van der Waals surface area (Å²) in [4.78, 5) is 11.5. The highest BCUT2D eigenvalue weighted by atomic mass is 16.6. The third-order valence-corrected chi connectivity index (χ3v) is 5.29. The van der Waals surface area contributed by atoms with Crippen LogP contribution in [0.25, 0.3) is 0 Å². The van der Waals surface area contributed by atoms with Crippen molar-refractivity contribution < 1.29 is 9.53 Å². The van der Waals surface area contributed by atoms with Gasteiger partial charge in [-0.3, -0.25) is 0 Å². The Bertz CT molecular complexity index is 554. The molecule has 0 spiro atoms. The molecule has 0 radical (unpaired) electrons. The highest BCUT2D eigenvalue weighted by Gasteiger charge is 2.15. The molecule has 0 unspecified atom stereocenters. The molecule has 184 valence electrons. The standard InChI is InChI=1S/C29H51NO2/c1-5-6-7-8-9-10-11-12-13-14-15-16-17-18-19-20-21-22-23-24-25-26-27-30-28(31)32-29(2,3)4/h5-15,20-27H2,1-4H3,(H,30,31). The van der Waals surface area contributed by atoms with Gasteiger partial charge < -0.3 is 10.1 Å². The van der Waals surface area contributed by atoms with Crippen LogP contribution in [0.3, 0.4) is 0 Å². The number of nitrogens with one attached hydrogen (secondary N) is 1. The lowest BCUT2D eigenvalue weighted by Gasteiger charge is -2.19. The van der Waals surface area contributed by atoms with Crippen LogP contribution < -0.4 is 5.32 Å². The number of ether oxygens (including phenoxy) is 1. The number of hydrogen-bond acceptors (Lipinski definition) is 2. The molecule has 0 aromatic carbocycles. The van der Waals surface area contributed by atoms with Gasteiger partial charge in [0.05, 0.1) is 0 Å². The Balaban J connectivity index is 3.33. The fraction of sp³-hybridized carbons (Fsp3) is 0.828. The zero-order chi connectivity index (χ0) is 23.8. The van der Waals surface area contributed by atoms with Gasteiger partial charge in [-0.15, -0.1) is 0 Å². The number of rotatable bonds is 18. The van der Waals surface area contributed by atoms with Crippen LogP contribution in [0.15, 0.2) is 0 Å². The summed E-state index contributed by atoms with van der Waals surface area (Å²) in [5, 5.41) is 2.81. The van der Waals surface area contributed by atoms with Crippen molar-refractivity contribution in [1.29, 1.82) is 0 Å². The maximum Gasteiger partial charge on any atom is 0.407 e. The molecule has 3 nitrogen and oxygen atoms in total. The molecule has 0 rings (SSSR count). The predicted molar refractivity (Wildman–Crippen MR) is 139 cm³/mol. The smallest absolute Gasteiger partial charge is 0.407 e. The SMILES string of the molecule is CCCCCCCCCCCCC#CC#CCCCCCCCCNC(=O)OC(C)(C)C. The minimum atomic E-state index is -0.425. The van der Waals surface area contributed by atoms with Crippen molar-refractivity contribution >= 4 is 6.09 Å². The quantitative estimate of drug-likeness (QED) is 0.169. The molecule has 0 aromatic rings. The van der Waals surface area contributed by atoms with Crippen molar-refractivity contribution in [2.24, 2.45) is 0 Å². The van der Waals surface area contributed by atoms with Crippen LogP contribution in [0, 0.1) is 23.7 Å². The van der Waals surface area contributed by atoms with E-state index in [1.165, 1.54) is 83.5 Å². The zero-order valence-electron chi connectivity index (χ0n) is 21.8. The van der Waals surface area contributed by atoms with Gasteiger partial charge in [0.15, 0.2) is 0 Å². The molecular weight excluding hydrogens is 394 g/mol. The summed E-state index contributed by atoms with van der Waals surface area (Å²) < 4.78 is 5.21. The largest absolute Gasteiger partial charge is 0.444 e. The molecule has 1 N–H and O–H groups in total. The number of amides is 1. The zero-order valence-corrected chi connectivity index (χ0v) is 21.8. The van der Waals surface area contributed by atoms with Gasteiger partial charge in [-0.25, -0.2) is 4.79 Å². The predicted octanol–water partition coefficient (Wildman–Crippen LogP) is 8.56. The number of hydrogen-bond donors (Lipinski definition) is 1. The van der Waals surface area contributed by atoms with Crippen molar-refractivity contribution in [2.75, 3.05) is 6.54 Å². The van der Waals surface area contributed by atoms with E-state index >= 15 is 0 Å². The Hall–Kier alpha value is -1.61. The first-order chi connectivity index (χ1) is 15.5. The molecule has 0 saturated heterocycles. The summed E-state index contributed by atoms with van der Waals surface area (Å²) >= 11 is 0. The second-order valence-corrected chi connectivity index (χ2v) is 9.84. The number of unbranched alkanes of at least 4 members (excludes halogenated alkanes) is 16. The molecule has 0 saturated carbocycles. The third-order valence-electron chi connectivity index (χ3n) is 5.29. The fourth-order valence-corrected chi connectivity index (χ4v) is 3.46. The van der Waals surface area contributed by atoms with Crippen molar-refractivity contribution in [3.8, 4) is 23.7 Å². The molecule has 0 heterocycles. The molecule has 0 bridgehead atoms. The summed E-state index contributed by atoms with van der Waals surface area (Å²) in [6.45, 7) is 8.60. The fourth-order valence-electron chi connectivity index (χ4n) is 3.46. The first-order valence-corrected chi connectivity index (χ1v) is 13.4. The van der Waals surface area contributed by atoms with Gasteiger partial charge in [0.25, 0.3) is 0 Å². The lowest BCUT2D eigenvalue weighted by atomic mass is 10.1. The van der Waals surface area contributed by atoms with E-state index in [0.29, 0.717) is 6.54 Å². The monoisotopic (exact) mass is 445 g/mol. The van der Waals surface area contributed by atoms with E-state index in [9.17, 15) is 4.79 Å². The van der Waals surface area contributed by atoms with Gasteiger partial charge >= 0.3 is 6.09 Å². The molecule has 0 aromatic heterocycles. The van der Waals surface area contributed by atoms with Gasteiger partial charge in [0, 0.05) is 19.4 Å². The van der Waals surface area contributed by atoms with Gasteiger partial charge in [0.1, 0.15) is 5.60 Å².